The molecule has 1 aromatic carbocycles. The molecule has 0 unspecified atom stereocenters. The second-order valence-corrected chi connectivity index (χ2v) is 5.98. The number of anilines is 2. The molecule has 0 saturated carbocycles. The highest BCUT2D eigenvalue weighted by molar-refractivity contribution is 5.92. The fraction of sp³-hybridized carbons (Fsp3) is 0.250. The van der Waals surface area contributed by atoms with Crippen LogP contribution in [0, 0.1) is 6.92 Å². The molecule has 0 aliphatic carbocycles. The van der Waals surface area contributed by atoms with Gasteiger partial charge in [0.2, 0.25) is 5.91 Å². The molecule has 5 heteroatoms. The van der Waals surface area contributed by atoms with Crippen LogP contribution in [0.25, 0.3) is 10.9 Å². The molecule has 0 fully saturated rings. The van der Waals surface area contributed by atoms with Crippen molar-refractivity contribution in [2.45, 2.75) is 26.7 Å². The van der Waals surface area contributed by atoms with Gasteiger partial charge < -0.3 is 10.6 Å². The van der Waals surface area contributed by atoms with E-state index in [1.165, 1.54) is 0 Å². The van der Waals surface area contributed by atoms with E-state index in [2.05, 4.69) is 33.6 Å². The van der Waals surface area contributed by atoms with Crippen LogP contribution in [0.3, 0.4) is 0 Å². The fourth-order valence-corrected chi connectivity index (χ4v) is 2.62. The zero-order valence-corrected chi connectivity index (χ0v) is 14.5. The lowest BCUT2D eigenvalue weighted by Crippen LogP contribution is -2.17. The lowest BCUT2D eigenvalue weighted by Gasteiger charge is -2.11. The molecule has 3 aromatic rings. The van der Waals surface area contributed by atoms with Gasteiger partial charge in [0.1, 0.15) is 5.82 Å². The van der Waals surface area contributed by atoms with Crippen LogP contribution < -0.4 is 10.6 Å². The monoisotopic (exact) mass is 334 g/mol. The maximum atomic E-state index is 12.1. The Labute approximate surface area is 147 Å². The maximum Gasteiger partial charge on any atom is 0.227 e. The molecule has 5 nitrogen and oxygen atoms in total. The topological polar surface area (TPSA) is 66.9 Å². The zero-order chi connectivity index (χ0) is 17.6. The Morgan fingerprint density at radius 2 is 2.00 bits per heavy atom. The largest absolute Gasteiger partial charge is 0.384 e. The fourth-order valence-electron chi connectivity index (χ4n) is 2.62. The van der Waals surface area contributed by atoms with E-state index in [-0.39, 0.29) is 5.91 Å². The number of aromatic nitrogens is 2. The van der Waals surface area contributed by atoms with Gasteiger partial charge in [-0.1, -0.05) is 31.2 Å². The third-order valence-electron chi connectivity index (χ3n) is 3.98. The number of pyridine rings is 2. The van der Waals surface area contributed by atoms with Gasteiger partial charge in [-0.05, 0) is 37.1 Å². The zero-order valence-electron chi connectivity index (χ0n) is 14.5. The van der Waals surface area contributed by atoms with Crippen molar-refractivity contribution < 1.29 is 4.79 Å². The lowest BCUT2D eigenvalue weighted by atomic mass is 10.1. The van der Waals surface area contributed by atoms with Crippen LogP contribution in [0.1, 0.15) is 24.6 Å². The summed E-state index contributed by atoms with van der Waals surface area (Å²) in [4.78, 5) is 20.9. The van der Waals surface area contributed by atoms with E-state index in [4.69, 9.17) is 0 Å². The van der Waals surface area contributed by atoms with Gasteiger partial charge in [-0.25, -0.2) is 4.98 Å². The van der Waals surface area contributed by atoms with Crippen LogP contribution in [0.5, 0.6) is 0 Å². The van der Waals surface area contributed by atoms with E-state index >= 15 is 0 Å². The molecule has 2 aromatic heterocycles. The number of aryl methyl sites for hydroxylation is 2. The van der Waals surface area contributed by atoms with Crippen molar-refractivity contribution >= 4 is 28.3 Å². The second-order valence-electron chi connectivity index (χ2n) is 5.98. The van der Waals surface area contributed by atoms with Gasteiger partial charge in [-0.2, -0.15) is 0 Å². The van der Waals surface area contributed by atoms with Crippen molar-refractivity contribution in [1.82, 2.24) is 9.97 Å². The van der Waals surface area contributed by atoms with Crippen molar-refractivity contribution in [3.05, 3.63) is 59.9 Å². The number of carbonyl (C=O) groups is 1. The summed E-state index contributed by atoms with van der Waals surface area (Å²) in [6.07, 6.45) is 2.98. The number of nitrogens with zero attached hydrogens (tertiary/aromatic N) is 2. The maximum absolute atomic E-state index is 12.1. The van der Waals surface area contributed by atoms with E-state index in [9.17, 15) is 4.79 Å². The molecule has 25 heavy (non-hydrogen) atoms. The van der Waals surface area contributed by atoms with Crippen LogP contribution in [0.4, 0.5) is 11.5 Å². The first-order valence-electron chi connectivity index (χ1n) is 8.50. The van der Waals surface area contributed by atoms with E-state index in [1.807, 2.05) is 43.3 Å². The Kier molecular flexibility index (Phi) is 5.23. The molecule has 1 amide bonds. The van der Waals surface area contributed by atoms with E-state index in [0.717, 1.165) is 34.3 Å². The van der Waals surface area contributed by atoms with Gasteiger partial charge in [0.15, 0.2) is 0 Å². The summed E-state index contributed by atoms with van der Waals surface area (Å²) in [6, 6.07) is 13.8. The van der Waals surface area contributed by atoms with Gasteiger partial charge in [-0.3, -0.25) is 9.78 Å². The molecule has 0 bridgehead atoms. The van der Waals surface area contributed by atoms with Crippen molar-refractivity contribution in [2.24, 2.45) is 0 Å². The molecule has 0 radical (unpaired) electrons. The Hall–Kier alpha value is -2.95. The minimum Gasteiger partial charge on any atom is -0.384 e. The molecule has 0 aliphatic rings. The number of hydrogen-bond acceptors (Lipinski definition) is 4. The first kappa shape index (κ1) is 16.9. The average Bonchev–Trinajstić information content (AvgIpc) is 2.63. The number of benzene rings is 1. The number of hydrogen-bond donors (Lipinski definition) is 2. The average molecular weight is 334 g/mol. The third-order valence-corrected chi connectivity index (χ3v) is 3.98. The molecular weight excluding hydrogens is 312 g/mol. The van der Waals surface area contributed by atoms with Gasteiger partial charge in [0.25, 0.3) is 0 Å². The minimum atomic E-state index is -0.0575. The van der Waals surface area contributed by atoms with Gasteiger partial charge in [-0.15, -0.1) is 0 Å². The third kappa shape index (κ3) is 4.32. The normalized spacial score (nSPS) is 10.6. The van der Waals surface area contributed by atoms with E-state index in [1.54, 1.807) is 6.20 Å². The Morgan fingerprint density at radius 1 is 1.16 bits per heavy atom. The minimum absolute atomic E-state index is 0.0575. The standard InChI is InChI=1S/C20H22N4O/c1-3-15-12-18(16-6-4-5-7-17(16)23-15)21-11-10-20(25)24-19-9-8-14(2)13-22-19/h4-9,12-13H,3,10-11H2,1-2H3,(H,21,23)(H,22,24,25). The van der Waals surface area contributed by atoms with Crippen LogP contribution >= 0.6 is 0 Å². The predicted molar refractivity (Wildman–Crippen MR) is 102 cm³/mol. The molecule has 2 N–H and O–H groups in total. The predicted octanol–water partition coefficient (Wildman–Crippen LogP) is 3.94. The summed E-state index contributed by atoms with van der Waals surface area (Å²) in [5.41, 5.74) is 4.09. The van der Waals surface area contributed by atoms with Crippen LogP contribution in [0.2, 0.25) is 0 Å². The summed E-state index contributed by atoms with van der Waals surface area (Å²) in [5.74, 6) is 0.524. The Morgan fingerprint density at radius 3 is 2.76 bits per heavy atom. The molecule has 0 spiro atoms. The van der Waals surface area contributed by atoms with E-state index in [0.29, 0.717) is 18.8 Å². The molecule has 2 heterocycles. The Balaban J connectivity index is 1.62. The number of para-hydroxylation sites is 1. The second kappa shape index (κ2) is 7.75. The highest BCUT2D eigenvalue weighted by atomic mass is 16.1. The summed E-state index contributed by atoms with van der Waals surface area (Å²) in [7, 11) is 0. The number of carbonyl (C=O) groups excluding carboxylic acids is 1. The van der Waals surface area contributed by atoms with Crippen LogP contribution in [0.15, 0.2) is 48.7 Å². The van der Waals surface area contributed by atoms with Crippen molar-refractivity contribution in [3.8, 4) is 0 Å². The van der Waals surface area contributed by atoms with Gasteiger partial charge in [0.05, 0.1) is 5.52 Å². The molecule has 3 rings (SSSR count). The van der Waals surface area contributed by atoms with Crippen LogP contribution in [-0.4, -0.2) is 22.4 Å². The number of nitrogens with one attached hydrogen (secondary N) is 2. The van der Waals surface area contributed by atoms with Crippen molar-refractivity contribution in [3.63, 3.8) is 0 Å². The van der Waals surface area contributed by atoms with E-state index < -0.39 is 0 Å². The summed E-state index contributed by atoms with van der Waals surface area (Å²) in [6.45, 7) is 4.60. The van der Waals surface area contributed by atoms with Crippen molar-refractivity contribution in [1.29, 1.82) is 0 Å². The molecule has 0 aliphatic heterocycles. The first-order valence-corrected chi connectivity index (χ1v) is 8.50. The SMILES string of the molecule is CCc1cc(NCCC(=O)Nc2ccc(C)cn2)c2ccccc2n1. The molecule has 0 atom stereocenters. The summed E-state index contributed by atoms with van der Waals surface area (Å²) >= 11 is 0. The highest BCUT2D eigenvalue weighted by Gasteiger charge is 2.07. The number of amides is 1. The number of fused-ring (bicyclic) bond motifs is 1. The lowest BCUT2D eigenvalue weighted by molar-refractivity contribution is -0.116. The van der Waals surface area contributed by atoms with Crippen molar-refractivity contribution in [2.75, 3.05) is 17.2 Å². The number of rotatable bonds is 6. The molecular formula is C20H22N4O. The Bertz CT molecular complexity index is 875. The van der Waals surface area contributed by atoms with Crippen LogP contribution in [-0.2, 0) is 11.2 Å². The molecule has 0 saturated heterocycles. The first-order chi connectivity index (χ1) is 12.2. The summed E-state index contributed by atoms with van der Waals surface area (Å²) in [5, 5.41) is 7.25. The van der Waals surface area contributed by atoms with Gasteiger partial charge in [0, 0.05) is 35.9 Å². The quantitative estimate of drug-likeness (QED) is 0.716. The molecule has 128 valence electrons. The summed E-state index contributed by atoms with van der Waals surface area (Å²) < 4.78 is 0. The highest BCUT2D eigenvalue weighted by Crippen LogP contribution is 2.23. The van der Waals surface area contributed by atoms with Gasteiger partial charge >= 0.3 is 0 Å². The smallest absolute Gasteiger partial charge is 0.227 e.